The number of hydrogen-bond acceptors (Lipinski definition) is 6. The molecule has 2 aromatic carbocycles. The minimum atomic E-state index is -3.87. The Morgan fingerprint density at radius 3 is 2.92 bits per heavy atom. The van der Waals surface area contributed by atoms with Gasteiger partial charge in [0.25, 0.3) is 10.0 Å². The summed E-state index contributed by atoms with van der Waals surface area (Å²) in [5, 5.41) is 14.0. The summed E-state index contributed by atoms with van der Waals surface area (Å²) in [6.07, 6.45) is 0.631. The molecule has 4 rings (SSSR count). The third kappa shape index (κ3) is 3.03. The number of ether oxygens (including phenoxy) is 1. The molecule has 128 valence electrons. The van der Waals surface area contributed by atoms with Gasteiger partial charge >= 0.3 is 0 Å². The van der Waals surface area contributed by atoms with Crippen LogP contribution < -0.4 is 9.46 Å². The molecule has 0 amide bonds. The lowest BCUT2D eigenvalue weighted by atomic mass is 10.2. The van der Waals surface area contributed by atoms with Crippen LogP contribution >= 0.6 is 11.6 Å². The second kappa shape index (κ2) is 6.01. The van der Waals surface area contributed by atoms with Gasteiger partial charge in [-0.05, 0) is 29.5 Å². The van der Waals surface area contributed by atoms with E-state index < -0.39 is 10.0 Å². The van der Waals surface area contributed by atoms with Gasteiger partial charge in [-0.25, -0.2) is 8.42 Å². The van der Waals surface area contributed by atoms with Crippen LogP contribution in [0.4, 0.5) is 5.69 Å². The number of halogens is 1. The van der Waals surface area contributed by atoms with Gasteiger partial charge in [-0.3, -0.25) is 4.72 Å². The van der Waals surface area contributed by atoms with Crippen molar-refractivity contribution in [1.82, 2.24) is 20.6 Å². The number of aromatic amines is 1. The topological polar surface area (TPSA) is 110 Å². The number of nitrogens with one attached hydrogen (secondary N) is 2. The van der Waals surface area contributed by atoms with Crippen molar-refractivity contribution in [3.05, 3.63) is 47.0 Å². The molecule has 2 heterocycles. The quantitative estimate of drug-likeness (QED) is 0.721. The molecule has 25 heavy (non-hydrogen) atoms. The van der Waals surface area contributed by atoms with Crippen molar-refractivity contribution in [2.24, 2.45) is 0 Å². The maximum Gasteiger partial charge on any atom is 0.265 e. The molecule has 0 spiro atoms. The highest BCUT2D eigenvalue weighted by Crippen LogP contribution is 2.36. The first kappa shape index (κ1) is 15.9. The predicted octanol–water partition coefficient (Wildman–Crippen LogP) is 2.26. The predicted molar refractivity (Wildman–Crippen MR) is 91.1 cm³/mol. The lowest BCUT2D eigenvalue weighted by Crippen LogP contribution is -2.14. The molecular formula is C15H12ClN5O3S. The van der Waals surface area contributed by atoms with E-state index in [2.05, 4.69) is 25.3 Å². The Balaban J connectivity index is 1.71. The van der Waals surface area contributed by atoms with Crippen LogP contribution in [0.5, 0.6) is 5.75 Å². The maximum atomic E-state index is 12.8. The second-order valence-corrected chi connectivity index (χ2v) is 7.50. The zero-order valence-electron chi connectivity index (χ0n) is 12.7. The monoisotopic (exact) mass is 377 g/mol. The summed E-state index contributed by atoms with van der Waals surface area (Å²) in [5.41, 5.74) is 1.78. The molecule has 2 N–H and O–H groups in total. The standard InChI is InChI=1S/C15H12ClN5O3S/c16-11-6-9-4-5-24-14(9)13(8-11)25(22,23)19-12-3-1-2-10(7-12)15-17-20-21-18-15/h1-3,6-8,19H,4-5H2,(H,17,18,20,21). The molecule has 0 fully saturated rings. The van der Waals surface area contributed by atoms with Crippen LogP contribution in [0.1, 0.15) is 5.56 Å². The fraction of sp³-hybridized carbons (Fsp3) is 0.133. The number of aromatic nitrogens is 4. The Bertz CT molecular complexity index is 1040. The van der Waals surface area contributed by atoms with Crippen molar-refractivity contribution in [2.75, 3.05) is 11.3 Å². The first-order valence-corrected chi connectivity index (χ1v) is 9.21. The van der Waals surface area contributed by atoms with Gasteiger partial charge in [-0.1, -0.05) is 23.7 Å². The highest BCUT2D eigenvalue weighted by atomic mass is 35.5. The summed E-state index contributed by atoms with van der Waals surface area (Å²) >= 11 is 6.06. The van der Waals surface area contributed by atoms with Gasteiger partial charge in [0.15, 0.2) is 0 Å². The van der Waals surface area contributed by atoms with Crippen LogP contribution in [0, 0.1) is 0 Å². The minimum absolute atomic E-state index is 0.0254. The SMILES string of the molecule is O=S(=O)(Nc1cccc(-c2nn[nH]n2)c1)c1cc(Cl)cc2c1OCC2. The third-order valence-electron chi connectivity index (χ3n) is 3.72. The Morgan fingerprint density at radius 2 is 2.12 bits per heavy atom. The van der Waals surface area contributed by atoms with E-state index >= 15 is 0 Å². The summed E-state index contributed by atoms with van der Waals surface area (Å²) in [6.45, 7) is 0.436. The lowest BCUT2D eigenvalue weighted by Gasteiger charge is -2.12. The Morgan fingerprint density at radius 1 is 1.24 bits per heavy atom. The van der Waals surface area contributed by atoms with Gasteiger partial charge in [0.05, 0.1) is 6.61 Å². The van der Waals surface area contributed by atoms with Crippen LogP contribution in [0.25, 0.3) is 11.4 Å². The molecule has 10 heteroatoms. The van der Waals surface area contributed by atoms with Crippen molar-refractivity contribution < 1.29 is 13.2 Å². The largest absolute Gasteiger partial charge is 0.492 e. The number of hydrogen-bond donors (Lipinski definition) is 2. The fourth-order valence-electron chi connectivity index (χ4n) is 2.65. The molecule has 0 saturated heterocycles. The molecule has 1 aliphatic rings. The normalized spacial score (nSPS) is 13.3. The molecule has 0 radical (unpaired) electrons. The summed E-state index contributed by atoms with van der Waals surface area (Å²) in [4.78, 5) is 0.0254. The van der Waals surface area contributed by atoms with Crippen molar-refractivity contribution in [3.8, 4) is 17.1 Å². The molecule has 0 atom stereocenters. The first-order chi connectivity index (χ1) is 12.0. The number of fused-ring (bicyclic) bond motifs is 1. The van der Waals surface area contributed by atoms with Crippen molar-refractivity contribution >= 4 is 27.3 Å². The average Bonchev–Trinajstić information content (AvgIpc) is 3.25. The molecule has 1 aromatic heterocycles. The molecule has 0 saturated carbocycles. The van der Waals surface area contributed by atoms with E-state index in [4.69, 9.17) is 16.3 Å². The number of nitrogens with zero attached hydrogens (tertiary/aromatic N) is 3. The van der Waals surface area contributed by atoms with Crippen molar-refractivity contribution in [1.29, 1.82) is 0 Å². The van der Waals surface area contributed by atoms with Gasteiger partial charge in [0.1, 0.15) is 10.6 Å². The number of H-pyrrole nitrogens is 1. The van der Waals surface area contributed by atoms with Gasteiger partial charge in [0.2, 0.25) is 5.82 Å². The minimum Gasteiger partial charge on any atom is -0.492 e. The molecule has 0 bridgehead atoms. The Hall–Kier alpha value is -2.65. The second-order valence-electron chi connectivity index (χ2n) is 5.41. The van der Waals surface area contributed by atoms with E-state index in [1.54, 1.807) is 30.3 Å². The van der Waals surface area contributed by atoms with Crippen molar-refractivity contribution in [3.63, 3.8) is 0 Å². The number of benzene rings is 2. The van der Waals surface area contributed by atoms with E-state index in [0.29, 0.717) is 40.9 Å². The van der Waals surface area contributed by atoms with Gasteiger partial charge < -0.3 is 4.74 Å². The molecule has 0 unspecified atom stereocenters. The van der Waals surface area contributed by atoms with Crippen LogP contribution in [0.2, 0.25) is 5.02 Å². The molecule has 8 nitrogen and oxygen atoms in total. The smallest absolute Gasteiger partial charge is 0.265 e. The summed E-state index contributed by atoms with van der Waals surface area (Å²) < 4.78 is 33.6. The zero-order chi connectivity index (χ0) is 17.4. The highest BCUT2D eigenvalue weighted by Gasteiger charge is 2.26. The van der Waals surface area contributed by atoms with E-state index in [0.717, 1.165) is 5.56 Å². The van der Waals surface area contributed by atoms with E-state index in [1.165, 1.54) is 6.07 Å². The Labute approximate surface area is 148 Å². The van der Waals surface area contributed by atoms with Gasteiger partial charge in [-0.2, -0.15) is 5.21 Å². The molecular weight excluding hydrogens is 366 g/mol. The van der Waals surface area contributed by atoms with E-state index in [9.17, 15) is 8.42 Å². The highest BCUT2D eigenvalue weighted by molar-refractivity contribution is 7.92. The van der Waals surface area contributed by atoms with Gasteiger partial charge in [-0.15, -0.1) is 10.2 Å². The van der Waals surface area contributed by atoms with E-state index in [-0.39, 0.29) is 4.90 Å². The number of rotatable bonds is 4. The third-order valence-corrected chi connectivity index (χ3v) is 5.33. The summed E-state index contributed by atoms with van der Waals surface area (Å²) in [5.74, 6) is 0.722. The van der Waals surface area contributed by atoms with Gasteiger partial charge in [0, 0.05) is 28.3 Å². The first-order valence-electron chi connectivity index (χ1n) is 7.35. The number of anilines is 1. The fourth-order valence-corrected chi connectivity index (χ4v) is 4.22. The summed E-state index contributed by atoms with van der Waals surface area (Å²) in [6, 6.07) is 9.81. The average molecular weight is 378 g/mol. The Kier molecular flexibility index (Phi) is 3.81. The number of tetrazole rings is 1. The zero-order valence-corrected chi connectivity index (χ0v) is 14.3. The van der Waals surface area contributed by atoms with Crippen LogP contribution in [-0.4, -0.2) is 35.6 Å². The van der Waals surface area contributed by atoms with Crippen molar-refractivity contribution in [2.45, 2.75) is 11.3 Å². The molecule has 3 aromatic rings. The molecule has 1 aliphatic heterocycles. The maximum absolute atomic E-state index is 12.8. The lowest BCUT2D eigenvalue weighted by molar-refractivity contribution is 0.348. The van der Waals surface area contributed by atoms with Crippen LogP contribution in [0.3, 0.4) is 0 Å². The number of sulfonamides is 1. The molecule has 0 aliphatic carbocycles. The summed E-state index contributed by atoms with van der Waals surface area (Å²) in [7, 11) is -3.87. The van der Waals surface area contributed by atoms with E-state index in [1.807, 2.05) is 0 Å². The van der Waals surface area contributed by atoms with Crippen LogP contribution in [0.15, 0.2) is 41.3 Å². The van der Waals surface area contributed by atoms with Crippen LogP contribution in [-0.2, 0) is 16.4 Å².